The fourth-order valence-electron chi connectivity index (χ4n) is 1.93. The summed E-state index contributed by atoms with van der Waals surface area (Å²) in [6, 6.07) is 10.3. The van der Waals surface area contributed by atoms with Gasteiger partial charge in [-0.25, -0.2) is 4.39 Å². The summed E-state index contributed by atoms with van der Waals surface area (Å²) in [5, 5.41) is 12.9. The third-order valence-electron chi connectivity index (χ3n) is 3.06. The number of benzene rings is 2. The van der Waals surface area contributed by atoms with E-state index < -0.39 is 0 Å². The standard InChI is InChI=1S/C15H14Br2FNO/c1-9(11-4-2-3-5-14(11)18)19-8-10-6-12(16)15(20)13(17)7-10/h2-7,9,19-20H,8H2,1H3. The number of phenols is 1. The Labute approximate surface area is 134 Å². The van der Waals surface area contributed by atoms with E-state index in [9.17, 15) is 9.50 Å². The largest absolute Gasteiger partial charge is 0.506 e. The Hall–Kier alpha value is -0.910. The van der Waals surface area contributed by atoms with Gasteiger partial charge in [0.15, 0.2) is 0 Å². The molecule has 2 rings (SSSR count). The minimum atomic E-state index is -0.208. The molecule has 0 radical (unpaired) electrons. The fourth-order valence-corrected chi connectivity index (χ4v) is 3.21. The molecule has 2 aromatic rings. The van der Waals surface area contributed by atoms with Crippen molar-refractivity contribution in [2.75, 3.05) is 0 Å². The van der Waals surface area contributed by atoms with Gasteiger partial charge in [-0.3, -0.25) is 0 Å². The molecule has 0 fully saturated rings. The highest BCUT2D eigenvalue weighted by molar-refractivity contribution is 9.11. The van der Waals surface area contributed by atoms with Gasteiger partial charge < -0.3 is 10.4 Å². The zero-order valence-corrected chi connectivity index (χ0v) is 14.0. The maximum Gasteiger partial charge on any atom is 0.143 e. The molecule has 2 N–H and O–H groups in total. The van der Waals surface area contributed by atoms with E-state index in [4.69, 9.17) is 0 Å². The molecule has 0 bridgehead atoms. The molecule has 0 aliphatic carbocycles. The minimum Gasteiger partial charge on any atom is -0.506 e. The van der Waals surface area contributed by atoms with Crippen LogP contribution in [0.2, 0.25) is 0 Å². The van der Waals surface area contributed by atoms with Crippen molar-refractivity contribution in [1.82, 2.24) is 5.32 Å². The second-order valence-corrected chi connectivity index (χ2v) is 6.24. The van der Waals surface area contributed by atoms with Gasteiger partial charge in [0.2, 0.25) is 0 Å². The Morgan fingerprint density at radius 3 is 2.40 bits per heavy atom. The second kappa shape index (κ2) is 6.70. The van der Waals surface area contributed by atoms with Crippen molar-refractivity contribution in [2.24, 2.45) is 0 Å². The number of hydrogen-bond donors (Lipinski definition) is 2. The van der Waals surface area contributed by atoms with Crippen LogP contribution in [0.1, 0.15) is 24.1 Å². The van der Waals surface area contributed by atoms with Crippen LogP contribution in [-0.4, -0.2) is 5.11 Å². The van der Waals surface area contributed by atoms with E-state index in [1.54, 1.807) is 12.1 Å². The summed E-state index contributed by atoms with van der Waals surface area (Å²) in [6.07, 6.45) is 0. The SMILES string of the molecule is CC(NCc1cc(Br)c(O)c(Br)c1)c1ccccc1F. The quantitative estimate of drug-likeness (QED) is 0.761. The molecule has 20 heavy (non-hydrogen) atoms. The third kappa shape index (κ3) is 3.59. The van der Waals surface area contributed by atoms with Crippen LogP contribution in [0.5, 0.6) is 5.75 Å². The number of rotatable bonds is 4. The lowest BCUT2D eigenvalue weighted by atomic mass is 10.1. The maximum atomic E-state index is 13.7. The molecular weight excluding hydrogens is 389 g/mol. The Morgan fingerprint density at radius 2 is 1.80 bits per heavy atom. The molecule has 0 spiro atoms. The van der Waals surface area contributed by atoms with Crippen molar-refractivity contribution in [1.29, 1.82) is 0 Å². The van der Waals surface area contributed by atoms with E-state index in [0.29, 0.717) is 21.1 Å². The van der Waals surface area contributed by atoms with Crippen LogP contribution in [0.4, 0.5) is 4.39 Å². The molecule has 2 aromatic carbocycles. The number of halogens is 3. The first-order valence-corrected chi connectivity index (χ1v) is 7.72. The highest BCUT2D eigenvalue weighted by Crippen LogP contribution is 2.33. The summed E-state index contributed by atoms with van der Waals surface area (Å²) in [6.45, 7) is 2.50. The van der Waals surface area contributed by atoms with E-state index in [0.717, 1.165) is 5.56 Å². The summed E-state index contributed by atoms with van der Waals surface area (Å²) in [5.74, 6) is -0.0310. The molecule has 0 aliphatic heterocycles. The molecule has 0 heterocycles. The van der Waals surface area contributed by atoms with Gasteiger partial charge in [0.1, 0.15) is 11.6 Å². The molecule has 0 aromatic heterocycles. The van der Waals surface area contributed by atoms with Gasteiger partial charge in [0.25, 0.3) is 0 Å². The van der Waals surface area contributed by atoms with Gasteiger partial charge in [0, 0.05) is 18.2 Å². The van der Waals surface area contributed by atoms with Gasteiger partial charge in [0.05, 0.1) is 8.95 Å². The zero-order valence-electron chi connectivity index (χ0n) is 10.8. The van der Waals surface area contributed by atoms with Crippen molar-refractivity contribution < 1.29 is 9.50 Å². The monoisotopic (exact) mass is 401 g/mol. The highest BCUT2D eigenvalue weighted by Gasteiger charge is 2.11. The van der Waals surface area contributed by atoms with Gasteiger partial charge >= 0.3 is 0 Å². The van der Waals surface area contributed by atoms with E-state index in [-0.39, 0.29) is 17.6 Å². The number of phenolic OH excluding ortho intramolecular Hbond substituents is 1. The van der Waals surface area contributed by atoms with Gasteiger partial charge in [-0.1, -0.05) is 18.2 Å². The van der Waals surface area contributed by atoms with Gasteiger partial charge in [-0.05, 0) is 62.5 Å². The van der Waals surface area contributed by atoms with Crippen molar-refractivity contribution >= 4 is 31.9 Å². The molecule has 1 unspecified atom stereocenters. The summed E-state index contributed by atoms with van der Waals surface area (Å²) >= 11 is 6.59. The first-order chi connectivity index (χ1) is 9.49. The topological polar surface area (TPSA) is 32.3 Å². The minimum absolute atomic E-state index is 0.0949. The van der Waals surface area contributed by atoms with E-state index in [2.05, 4.69) is 37.2 Å². The van der Waals surface area contributed by atoms with E-state index >= 15 is 0 Å². The average Bonchev–Trinajstić information content (AvgIpc) is 2.42. The molecule has 0 aliphatic rings. The average molecular weight is 403 g/mol. The van der Waals surface area contributed by atoms with Gasteiger partial charge in [-0.2, -0.15) is 0 Å². The molecule has 0 saturated carbocycles. The Balaban J connectivity index is 2.07. The molecule has 2 nitrogen and oxygen atoms in total. The lowest BCUT2D eigenvalue weighted by Gasteiger charge is -2.15. The van der Waals surface area contributed by atoms with Crippen LogP contribution in [0.25, 0.3) is 0 Å². The number of hydrogen-bond acceptors (Lipinski definition) is 2. The summed E-state index contributed by atoms with van der Waals surface area (Å²) in [7, 11) is 0. The predicted molar refractivity (Wildman–Crippen MR) is 85.2 cm³/mol. The lowest BCUT2D eigenvalue weighted by Crippen LogP contribution is -2.19. The first-order valence-electron chi connectivity index (χ1n) is 6.13. The van der Waals surface area contributed by atoms with Crippen LogP contribution in [0, 0.1) is 5.82 Å². The maximum absolute atomic E-state index is 13.7. The number of nitrogens with one attached hydrogen (secondary N) is 1. The summed E-state index contributed by atoms with van der Waals surface area (Å²) < 4.78 is 14.9. The van der Waals surface area contributed by atoms with Crippen LogP contribution in [-0.2, 0) is 6.54 Å². The van der Waals surface area contributed by atoms with Crippen molar-refractivity contribution in [3.8, 4) is 5.75 Å². The first kappa shape index (κ1) is 15.5. The highest BCUT2D eigenvalue weighted by atomic mass is 79.9. The molecule has 5 heteroatoms. The van der Waals surface area contributed by atoms with Crippen LogP contribution < -0.4 is 5.32 Å². The van der Waals surface area contributed by atoms with Gasteiger partial charge in [-0.15, -0.1) is 0 Å². The molecule has 0 amide bonds. The molecular formula is C15H14Br2FNO. The second-order valence-electron chi connectivity index (χ2n) is 4.53. The number of aromatic hydroxyl groups is 1. The van der Waals surface area contributed by atoms with Crippen LogP contribution >= 0.6 is 31.9 Å². The van der Waals surface area contributed by atoms with Crippen molar-refractivity contribution in [3.63, 3.8) is 0 Å². The Morgan fingerprint density at radius 1 is 1.20 bits per heavy atom. The fraction of sp³-hybridized carbons (Fsp3) is 0.200. The summed E-state index contributed by atoms with van der Waals surface area (Å²) in [5.41, 5.74) is 1.63. The Kier molecular flexibility index (Phi) is 5.18. The third-order valence-corrected chi connectivity index (χ3v) is 4.27. The molecule has 106 valence electrons. The van der Waals surface area contributed by atoms with Crippen molar-refractivity contribution in [2.45, 2.75) is 19.5 Å². The predicted octanol–water partition coefficient (Wildman–Crippen LogP) is 4.91. The van der Waals surface area contributed by atoms with Crippen molar-refractivity contribution in [3.05, 3.63) is 62.3 Å². The smallest absolute Gasteiger partial charge is 0.143 e. The van der Waals surface area contributed by atoms with Crippen LogP contribution in [0.15, 0.2) is 45.3 Å². The lowest BCUT2D eigenvalue weighted by molar-refractivity contribution is 0.467. The van der Waals surface area contributed by atoms with E-state index in [1.807, 2.05) is 25.1 Å². The normalized spacial score (nSPS) is 12.4. The molecule has 0 saturated heterocycles. The zero-order chi connectivity index (χ0) is 14.7. The summed E-state index contributed by atoms with van der Waals surface area (Å²) in [4.78, 5) is 0. The molecule has 1 atom stereocenters. The van der Waals surface area contributed by atoms with E-state index in [1.165, 1.54) is 6.07 Å². The Bertz CT molecular complexity index is 596. The van der Waals surface area contributed by atoms with Crippen LogP contribution in [0.3, 0.4) is 0 Å².